The Bertz CT molecular complexity index is 567. The molecule has 5 heteroatoms. The molecule has 2 heterocycles. The fourth-order valence-corrected chi connectivity index (χ4v) is 3.23. The van der Waals surface area contributed by atoms with E-state index in [2.05, 4.69) is 29.5 Å². The van der Waals surface area contributed by atoms with Crippen molar-refractivity contribution in [2.24, 2.45) is 0 Å². The molecule has 0 unspecified atom stereocenters. The summed E-state index contributed by atoms with van der Waals surface area (Å²) in [5.74, 6) is 0.909. The molecule has 0 spiro atoms. The minimum absolute atomic E-state index is 0.741. The predicted molar refractivity (Wildman–Crippen MR) is 88.1 cm³/mol. The molecule has 4 nitrogen and oxygen atoms in total. The van der Waals surface area contributed by atoms with Crippen LogP contribution in [0.3, 0.4) is 0 Å². The van der Waals surface area contributed by atoms with Gasteiger partial charge in [0.25, 0.3) is 0 Å². The summed E-state index contributed by atoms with van der Waals surface area (Å²) in [6.45, 7) is 7.33. The van der Waals surface area contributed by atoms with E-state index < -0.39 is 0 Å². The highest BCUT2D eigenvalue weighted by atomic mass is 32.1. The van der Waals surface area contributed by atoms with Crippen LogP contribution in [0, 0.1) is 6.92 Å². The highest BCUT2D eigenvalue weighted by Gasteiger charge is 2.13. The molecular formula is C16H24N4S. The van der Waals surface area contributed by atoms with Crippen LogP contribution in [-0.2, 0) is 25.7 Å². The van der Waals surface area contributed by atoms with Gasteiger partial charge in [-0.25, -0.2) is 15.0 Å². The third kappa shape index (κ3) is 4.08. The van der Waals surface area contributed by atoms with Crippen molar-refractivity contribution in [3.05, 3.63) is 38.9 Å². The molecule has 0 aromatic carbocycles. The van der Waals surface area contributed by atoms with Gasteiger partial charge in [0.15, 0.2) is 0 Å². The Morgan fingerprint density at radius 1 is 1.10 bits per heavy atom. The van der Waals surface area contributed by atoms with Gasteiger partial charge < -0.3 is 5.32 Å². The zero-order valence-electron chi connectivity index (χ0n) is 13.4. The number of hydrogen-bond donors (Lipinski definition) is 1. The first kappa shape index (κ1) is 16.0. The summed E-state index contributed by atoms with van der Waals surface area (Å²) in [6.07, 6.45) is 3.65. The van der Waals surface area contributed by atoms with Gasteiger partial charge in [0.2, 0.25) is 0 Å². The van der Waals surface area contributed by atoms with E-state index in [1.54, 1.807) is 11.3 Å². The molecular weight excluding hydrogens is 280 g/mol. The Hall–Kier alpha value is -1.33. The van der Waals surface area contributed by atoms with Crippen molar-refractivity contribution in [1.82, 2.24) is 20.3 Å². The van der Waals surface area contributed by atoms with Crippen LogP contribution < -0.4 is 5.32 Å². The van der Waals surface area contributed by atoms with Gasteiger partial charge in [-0.2, -0.15) is 0 Å². The van der Waals surface area contributed by atoms with Crippen LogP contribution >= 0.6 is 11.3 Å². The number of nitrogens with zero attached hydrogens (tertiary/aromatic N) is 3. The molecule has 0 bridgehead atoms. The van der Waals surface area contributed by atoms with Gasteiger partial charge in [-0.3, -0.25) is 0 Å². The third-order valence-corrected chi connectivity index (χ3v) is 4.46. The summed E-state index contributed by atoms with van der Waals surface area (Å²) in [6, 6.07) is 0. The molecule has 21 heavy (non-hydrogen) atoms. The molecule has 0 saturated carbocycles. The number of nitrogens with one attached hydrogen (secondary N) is 1. The number of thiazole rings is 1. The summed E-state index contributed by atoms with van der Waals surface area (Å²) < 4.78 is 0. The van der Waals surface area contributed by atoms with Crippen LogP contribution in [-0.4, -0.2) is 28.5 Å². The van der Waals surface area contributed by atoms with E-state index in [4.69, 9.17) is 9.97 Å². The molecule has 1 N–H and O–H groups in total. The maximum absolute atomic E-state index is 4.79. The maximum atomic E-state index is 4.79. The van der Waals surface area contributed by atoms with Gasteiger partial charge in [0.1, 0.15) is 10.8 Å². The molecule has 2 aromatic rings. The number of likely N-dealkylation sites (N-methyl/N-ethyl adjacent to an activating group) is 1. The average Bonchev–Trinajstić information content (AvgIpc) is 2.90. The van der Waals surface area contributed by atoms with Crippen molar-refractivity contribution in [2.75, 3.05) is 13.6 Å². The second-order valence-electron chi connectivity index (χ2n) is 5.13. The van der Waals surface area contributed by atoms with Gasteiger partial charge in [-0.05, 0) is 45.3 Å². The molecule has 0 saturated heterocycles. The molecule has 0 aliphatic heterocycles. The van der Waals surface area contributed by atoms with E-state index in [0.29, 0.717) is 0 Å². The molecule has 0 radical (unpaired) electrons. The van der Waals surface area contributed by atoms with Gasteiger partial charge in [-0.15, -0.1) is 11.3 Å². The first-order chi connectivity index (χ1) is 10.2. The molecule has 0 amide bonds. The largest absolute Gasteiger partial charge is 0.319 e. The first-order valence-electron chi connectivity index (χ1n) is 7.61. The Morgan fingerprint density at radius 2 is 1.76 bits per heavy atom. The van der Waals surface area contributed by atoms with E-state index in [9.17, 15) is 0 Å². The smallest absolute Gasteiger partial charge is 0.135 e. The van der Waals surface area contributed by atoms with E-state index in [1.165, 1.54) is 17.0 Å². The monoisotopic (exact) mass is 304 g/mol. The highest BCUT2D eigenvalue weighted by molar-refractivity contribution is 7.09. The normalized spacial score (nSPS) is 11.0. The number of hydrogen-bond acceptors (Lipinski definition) is 5. The molecule has 0 aliphatic rings. The number of aryl methyl sites for hydroxylation is 3. The summed E-state index contributed by atoms with van der Waals surface area (Å²) in [5, 5.41) is 6.39. The highest BCUT2D eigenvalue weighted by Crippen LogP contribution is 2.17. The lowest BCUT2D eigenvalue weighted by Gasteiger charge is -2.13. The third-order valence-electron chi connectivity index (χ3n) is 3.50. The summed E-state index contributed by atoms with van der Waals surface area (Å²) in [5.41, 5.74) is 4.79. The average molecular weight is 304 g/mol. The van der Waals surface area contributed by atoms with Crippen LogP contribution in [0.1, 0.15) is 47.3 Å². The Balaban J connectivity index is 2.30. The summed E-state index contributed by atoms with van der Waals surface area (Å²) in [4.78, 5) is 14.1. The van der Waals surface area contributed by atoms with E-state index >= 15 is 0 Å². The lowest BCUT2D eigenvalue weighted by atomic mass is 10.0. The van der Waals surface area contributed by atoms with Gasteiger partial charge in [0.05, 0.1) is 6.42 Å². The lowest BCUT2D eigenvalue weighted by molar-refractivity contribution is 0.747. The van der Waals surface area contributed by atoms with E-state index in [0.717, 1.165) is 48.8 Å². The molecule has 114 valence electrons. The topological polar surface area (TPSA) is 50.7 Å². The van der Waals surface area contributed by atoms with Crippen molar-refractivity contribution in [3.8, 4) is 0 Å². The number of rotatable bonds is 7. The van der Waals surface area contributed by atoms with Gasteiger partial charge in [0, 0.05) is 22.5 Å². The second-order valence-corrected chi connectivity index (χ2v) is 6.07. The molecule has 0 aliphatic carbocycles. The van der Waals surface area contributed by atoms with Crippen LogP contribution in [0.5, 0.6) is 0 Å². The maximum Gasteiger partial charge on any atom is 0.135 e. The molecule has 0 atom stereocenters. The molecule has 2 aromatic heterocycles. The van der Waals surface area contributed by atoms with Crippen molar-refractivity contribution in [2.45, 2.75) is 46.5 Å². The zero-order chi connectivity index (χ0) is 15.2. The van der Waals surface area contributed by atoms with Crippen molar-refractivity contribution < 1.29 is 0 Å². The first-order valence-corrected chi connectivity index (χ1v) is 8.49. The van der Waals surface area contributed by atoms with Crippen LogP contribution in [0.25, 0.3) is 0 Å². The van der Waals surface area contributed by atoms with Crippen molar-refractivity contribution >= 4 is 11.3 Å². The van der Waals surface area contributed by atoms with E-state index in [-0.39, 0.29) is 0 Å². The Labute approximate surface area is 131 Å². The van der Waals surface area contributed by atoms with Crippen LogP contribution in [0.4, 0.5) is 0 Å². The van der Waals surface area contributed by atoms with Gasteiger partial charge >= 0.3 is 0 Å². The Morgan fingerprint density at radius 3 is 2.24 bits per heavy atom. The minimum atomic E-state index is 0.741. The minimum Gasteiger partial charge on any atom is -0.319 e. The SMILES string of the molecule is CCc1nc(Cc2nc(C)cs2)nc(CC)c1CCNC. The van der Waals surface area contributed by atoms with Gasteiger partial charge in [-0.1, -0.05) is 13.8 Å². The summed E-state index contributed by atoms with van der Waals surface area (Å²) >= 11 is 1.69. The fraction of sp³-hybridized carbons (Fsp3) is 0.562. The van der Waals surface area contributed by atoms with Crippen molar-refractivity contribution in [1.29, 1.82) is 0 Å². The zero-order valence-corrected chi connectivity index (χ0v) is 14.2. The van der Waals surface area contributed by atoms with Crippen LogP contribution in [0.2, 0.25) is 0 Å². The van der Waals surface area contributed by atoms with Crippen LogP contribution in [0.15, 0.2) is 5.38 Å². The standard InChI is InChI=1S/C16H24N4S/c1-5-13-12(7-8-17-4)14(6-2)20-15(19-13)9-16-18-11(3)10-21-16/h10,17H,5-9H2,1-4H3. The number of aromatic nitrogens is 3. The lowest BCUT2D eigenvalue weighted by Crippen LogP contribution is -2.16. The fourth-order valence-electron chi connectivity index (χ4n) is 2.46. The molecule has 0 fully saturated rings. The quantitative estimate of drug-likeness (QED) is 0.854. The van der Waals surface area contributed by atoms with Crippen molar-refractivity contribution in [3.63, 3.8) is 0 Å². The predicted octanol–water partition coefficient (Wildman–Crippen LogP) is 2.72. The second kappa shape index (κ2) is 7.61. The molecule has 2 rings (SSSR count). The Kier molecular flexibility index (Phi) is 5.82. The summed E-state index contributed by atoms with van der Waals surface area (Å²) in [7, 11) is 1.98. The van der Waals surface area contributed by atoms with E-state index in [1.807, 2.05) is 14.0 Å².